The van der Waals surface area contributed by atoms with Gasteiger partial charge in [0.05, 0.1) is 19.0 Å². The van der Waals surface area contributed by atoms with Gasteiger partial charge in [0.15, 0.2) is 11.5 Å². The maximum Gasteiger partial charge on any atom is 0.167 e. The highest BCUT2D eigenvalue weighted by Crippen LogP contribution is 2.30. The lowest BCUT2D eigenvalue weighted by atomic mass is 10.2. The summed E-state index contributed by atoms with van der Waals surface area (Å²) in [5, 5.41) is 18.8. The molecule has 0 saturated carbocycles. The zero-order valence-electron chi connectivity index (χ0n) is 10.2. The summed E-state index contributed by atoms with van der Waals surface area (Å²) in [5.74, 6) is 0.302. The van der Waals surface area contributed by atoms with Crippen LogP contribution in [0.1, 0.15) is 12.6 Å². The minimum atomic E-state index is -0.698. The normalized spacial score (nSPS) is 26.5. The summed E-state index contributed by atoms with van der Waals surface area (Å²) in [6.45, 7) is -0.221. The topological polar surface area (TPSA) is 154 Å². The molecule has 9 heteroatoms. The lowest BCUT2D eigenvalue weighted by Crippen LogP contribution is -2.24. The number of nitrogen functional groups attached to an aromatic ring is 1. The van der Waals surface area contributed by atoms with Gasteiger partial charge in [-0.1, -0.05) is 0 Å². The molecule has 0 amide bonds. The van der Waals surface area contributed by atoms with Crippen molar-refractivity contribution in [3.8, 4) is 0 Å². The lowest BCUT2D eigenvalue weighted by Gasteiger charge is -2.13. The zero-order valence-corrected chi connectivity index (χ0v) is 10.2. The summed E-state index contributed by atoms with van der Waals surface area (Å²) in [5.41, 5.74) is 6.75. The number of hydrogen-bond donors (Lipinski definition) is 4. The van der Waals surface area contributed by atoms with Crippen LogP contribution in [0.15, 0.2) is 12.7 Å². The van der Waals surface area contributed by atoms with Gasteiger partial charge < -0.3 is 26.8 Å². The van der Waals surface area contributed by atoms with Gasteiger partial charge >= 0.3 is 0 Å². The first-order valence-electron chi connectivity index (χ1n) is 5.58. The largest absolute Gasteiger partial charge is 0.394 e. The Morgan fingerprint density at radius 2 is 2.21 bits per heavy atom. The van der Waals surface area contributed by atoms with Crippen molar-refractivity contribution in [3.05, 3.63) is 12.7 Å². The summed E-state index contributed by atoms with van der Waals surface area (Å²) in [7, 11) is 0. The fraction of sp³-hybridized carbons (Fsp3) is 0.500. The van der Waals surface area contributed by atoms with Crippen molar-refractivity contribution in [2.75, 3.05) is 12.3 Å². The molecule has 1 saturated heterocycles. The molecule has 3 atom stereocenters. The molecular weight excluding hydrogens is 252 g/mol. The average molecular weight is 268 g/mol. The molecule has 7 N–H and O–H groups in total. The summed E-state index contributed by atoms with van der Waals surface area (Å²) < 4.78 is 7.22. The second-order valence-electron chi connectivity index (χ2n) is 4.20. The smallest absolute Gasteiger partial charge is 0.167 e. The van der Waals surface area contributed by atoms with Crippen LogP contribution in [0, 0.1) is 0 Å². The zero-order chi connectivity index (χ0) is 12.7. The first-order chi connectivity index (χ1) is 8.70. The highest BCUT2D eigenvalue weighted by atomic mass is 16.5. The highest BCUT2D eigenvalue weighted by Gasteiger charge is 2.35. The molecule has 104 valence electrons. The molecule has 19 heavy (non-hydrogen) atoms. The molecule has 3 rings (SSSR count). The molecule has 0 spiro atoms. The van der Waals surface area contributed by atoms with E-state index in [1.54, 1.807) is 10.9 Å². The Hall–Kier alpha value is -1.81. The molecule has 2 aromatic heterocycles. The Balaban J connectivity index is 0.00000133. The van der Waals surface area contributed by atoms with E-state index in [1.807, 2.05) is 0 Å². The van der Waals surface area contributed by atoms with E-state index in [0.29, 0.717) is 23.4 Å². The van der Waals surface area contributed by atoms with Crippen molar-refractivity contribution in [2.45, 2.75) is 24.9 Å². The van der Waals surface area contributed by atoms with Crippen molar-refractivity contribution in [1.82, 2.24) is 25.7 Å². The van der Waals surface area contributed by atoms with Crippen LogP contribution < -0.4 is 11.9 Å². The maximum absolute atomic E-state index is 9.71. The molecule has 1 aliphatic rings. The number of aromatic nitrogens is 4. The van der Waals surface area contributed by atoms with Crippen LogP contribution in [0.2, 0.25) is 0 Å². The highest BCUT2D eigenvalue weighted by molar-refractivity contribution is 5.81. The van der Waals surface area contributed by atoms with Crippen LogP contribution >= 0.6 is 0 Å². The van der Waals surface area contributed by atoms with Crippen LogP contribution in [0.4, 0.5) is 5.82 Å². The van der Waals surface area contributed by atoms with Crippen LogP contribution in [0.25, 0.3) is 11.2 Å². The molecule has 0 aliphatic carbocycles. The van der Waals surface area contributed by atoms with E-state index in [1.165, 1.54) is 6.33 Å². The van der Waals surface area contributed by atoms with Crippen molar-refractivity contribution in [3.63, 3.8) is 0 Å². The molecule has 0 unspecified atom stereocenters. The van der Waals surface area contributed by atoms with E-state index in [2.05, 4.69) is 15.0 Å². The lowest BCUT2D eigenvalue weighted by molar-refractivity contribution is -0.0432. The molecule has 0 bridgehead atoms. The third kappa shape index (κ3) is 2.12. The standard InChI is InChI=1S/C10H13N5O3.H3N/c11-9-8-10(13-3-12-9)15(4-14-8)7-1-5(17)6(2-16)18-7;/h3-7,16-17H,1-2H2,(H2,11,12,13);1H3/t5-,6+,7+;/m0./s1. The Morgan fingerprint density at radius 1 is 1.42 bits per heavy atom. The summed E-state index contributed by atoms with van der Waals surface area (Å²) in [6.07, 6.45) is 1.60. The fourth-order valence-electron chi connectivity index (χ4n) is 2.13. The minimum absolute atomic E-state index is 0. The third-order valence-corrected chi connectivity index (χ3v) is 3.08. The maximum atomic E-state index is 9.71. The summed E-state index contributed by atoms with van der Waals surface area (Å²) in [4.78, 5) is 12.1. The molecule has 1 aliphatic heterocycles. The van der Waals surface area contributed by atoms with Gasteiger partial charge in [-0.05, 0) is 0 Å². The number of nitrogens with zero attached hydrogens (tertiary/aromatic N) is 4. The van der Waals surface area contributed by atoms with Gasteiger partial charge in [0.25, 0.3) is 0 Å². The van der Waals surface area contributed by atoms with Gasteiger partial charge in [-0.25, -0.2) is 15.0 Å². The minimum Gasteiger partial charge on any atom is -0.394 e. The molecule has 1 fully saturated rings. The predicted molar refractivity (Wildman–Crippen MR) is 66.4 cm³/mol. The molecule has 9 nitrogen and oxygen atoms in total. The number of fused-ring (bicyclic) bond motifs is 1. The van der Waals surface area contributed by atoms with Gasteiger partial charge in [-0.2, -0.15) is 0 Å². The van der Waals surface area contributed by atoms with E-state index >= 15 is 0 Å². The van der Waals surface area contributed by atoms with E-state index in [4.69, 9.17) is 15.6 Å². The first kappa shape index (κ1) is 13.6. The van der Waals surface area contributed by atoms with Gasteiger partial charge in [0, 0.05) is 6.42 Å². The molecular formula is C10H16N6O3. The van der Waals surface area contributed by atoms with Crippen LogP contribution in [0.5, 0.6) is 0 Å². The number of nitrogens with two attached hydrogens (primary N) is 1. The number of hydrogen-bond acceptors (Lipinski definition) is 8. The van der Waals surface area contributed by atoms with Gasteiger partial charge in [0.1, 0.15) is 24.2 Å². The number of ether oxygens (including phenoxy) is 1. The van der Waals surface area contributed by atoms with Crippen molar-refractivity contribution >= 4 is 17.0 Å². The summed E-state index contributed by atoms with van der Waals surface area (Å²) in [6, 6.07) is 0. The monoisotopic (exact) mass is 268 g/mol. The molecule has 3 heterocycles. The molecule has 0 radical (unpaired) electrons. The number of aliphatic hydroxyl groups excluding tert-OH is 2. The second kappa shape index (κ2) is 5.05. The number of imidazole rings is 1. The average Bonchev–Trinajstić information content (AvgIpc) is 2.93. The van der Waals surface area contributed by atoms with Crippen LogP contribution in [-0.2, 0) is 4.74 Å². The van der Waals surface area contributed by atoms with Gasteiger partial charge in [0.2, 0.25) is 0 Å². The number of aliphatic hydroxyl groups is 2. The molecule has 0 aromatic carbocycles. The van der Waals surface area contributed by atoms with Gasteiger partial charge in [-0.3, -0.25) is 4.57 Å². The van der Waals surface area contributed by atoms with Crippen LogP contribution in [0.3, 0.4) is 0 Å². The molecule has 2 aromatic rings. The quantitative estimate of drug-likeness (QED) is 0.552. The van der Waals surface area contributed by atoms with Gasteiger partial charge in [-0.15, -0.1) is 0 Å². The van der Waals surface area contributed by atoms with Crippen molar-refractivity contribution < 1.29 is 14.9 Å². The Kier molecular flexibility index (Phi) is 3.62. The Labute approximate surface area is 108 Å². The van der Waals surface area contributed by atoms with E-state index in [0.717, 1.165) is 0 Å². The first-order valence-corrected chi connectivity index (χ1v) is 5.58. The van der Waals surface area contributed by atoms with E-state index < -0.39 is 18.4 Å². The number of anilines is 1. The third-order valence-electron chi connectivity index (χ3n) is 3.08. The number of rotatable bonds is 2. The second-order valence-corrected chi connectivity index (χ2v) is 4.20. The van der Waals surface area contributed by atoms with E-state index in [-0.39, 0.29) is 12.8 Å². The SMILES string of the molecule is N.Nc1ncnc2c1ncn2[C@H]1C[C@H](O)[C@@H](CO)O1. The Bertz CT molecular complexity index is 573. The summed E-state index contributed by atoms with van der Waals surface area (Å²) >= 11 is 0. The van der Waals surface area contributed by atoms with Crippen molar-refractivity contribution in [1.29, 1.82) is 0 Å². The Morgan fingerprint density at radius 3 is 2.89 bits per heavy atom. The van der Waals surface area contributed by atoms with E-state index in [9.17, 15) is 5.11 Å². The van der Waals surface area contributed by atoms with Crippen LogP contribution in [-0.4, -0.2) is 48.5 Å². The van der Waals surface area contributed by atoms with Crippen molar-refractivity contribution in [2.24, 2.45) is 0 Å². The fourth-order valence-corrected chi connectivity index (χ4v) is 2.13. The predicted octanol–water partition coefficient (Wildman–Crippen LogP) is -0.789.